The van der Waals surface area contributed by atoms with Gasteiger partial charge >= 0.3 is 0 Å². The summed E-state index contributed by atoms with van der Waals surface area (Å²) in [5.74, 6) is 1.53. The van der Waals surface area contributed by atoms with Gasteiger partial charge in [0.1, 0.15) is 5.76 Å². The van der Waals surface area contributed by atoms with Crippen molar-refractivity contribution in [1.29, 1.82) is 0 Å². The van der Waals surface area contributed by atoms with Gasteiger partial charge in [0.25, 0.3) is 0 Å². The minimum Gasteiger partial charge on any atom is -0.442 e. The van der Waals surface area contributed by atoms with E-state index in [0.717, 1.165) is 5.76 Å². The molecule has 0 aliphatic rings. The van der Waals surface area contributed by atoms with Crippen LogP contribution in [-0.2, 0) is 0 Å². The van der Waals surface area contributed by atoms with Crippen molar-refractivity contribution >= 4 is 6.08 Å². The van der Waals surface area contributed by atoms with Gasteiger partial charge in [-0.25, -0.2) is 4.98 Å². The SMILES string of the molecule is C/C=C/c1ncc(C)o1.CC.CC. The Hall–Kier alpha value is -1.05. The van der Waals surface area contributed by atoms with Crippen molar-refractivity contribution in [3.63, 3.8) is 0 Å². The van der Waals surface area contributed by atoms with E-state index in [9.17, 15) is 0 Å². The molecule has 1 aromatic rings. The minimum absolute atomic E-state index is 0.676. The molecule has 13 heavy (non-hydrogen) atoms. The van der Waals surface area contributed by atoms with E-state index in [1.165, 1.54) is 0 Å². The number of nitrogens with zero attached hydrogens (tertiary/aromatic N) is 1. The monoisotopic (exact) mass is 183 g/mol. The van der Waals surface area contributed by atoms with Crippen molar-refractivity contribution in [3.05, 3.63) is 23.9 Å². The fraction of sp³-hybridized carbons (Fsp3) is 0.545. The summed E-state index contributed by atoms with van der Waals surface area (Å²) in [5.41, 5.74) is 0. The molecular formula is C11H21NO. The third kappa shape index (κ3) is 7.32. The largest absolute Gasteiger partial charge is 0.442 e. The Kier molecular flexibility index (Phi) is 12.2. The highest BCUT2D eigenvalue weighted by Crippen LogP contribution is 2.02. The number of allylic oxidation sites excluding steroid dienone is 1. The first-order valence-corrected chi connectivity index (χ1v) is 4.88. The molecule has 0 atom stereocenters. The highest BCUT2D eigenvalue weighted by atomic mass is 16.3. The van der Waals surface area contributed by atoms with Crippen molar-refractivity contribution in [1.82, 2.24) is 4.98 Å². The zero-order valence-corrected chi connectivity index (χ0v) is 9.59. The van der Waals surface area contributed by atoms with E-state index >= 15 is 0 Å². The number of aromatic nitrogens is 1. The van der Waals surface area contributed by atoms with Crippen molar-refractivity contribution in [2.24, 2.45) is 0 Å². The first-order valence-electron chi connectivity index (χ1n) is 4.88. The van der Waals surface area contributed by atoms with Crippen LogP contribution in [-0.4, -0.2) is 4.98 Å². The van der Waals surface area contributed by atoms with Crippen LogP contribution in [0.1, 0.15) is 46.3 Å². The lowest BCUT2D eigenvalue weighted by Crippen LogP contribution is -1.63. The average Bonchev–Trinajstić information content (AvgIpc) is 2.59. The Morgan fingerprint density at radius 1 is 1.23 bits per heavy atom. The molecule has 1 heterocycles. The Morgan fingerprint density at radius 2 is 1.77 bits per heavy atom. The molecule has 2 nitrogen and oxygen atoms in total. The zero-order chi connectivity index (χ0) is 10.7. The summed E-state index contributed by atoms with van der Waals surface area (Å²) in [6, 6.07) is 0. The summed E-state index contributed by atoms with van der Waals surface area (Å²) in [7, 11) is 0. The van der Waals surface area contributed by atoms with E-state index in [1.54, 1.807) is 6.20 Å². The number of aryl methyl sites for hydroxylation is 1. The molecule has 0 N–H and O–H groups in total. The molecule has 0 amide bonds. The van der Waals surface area contributed by atoms with Crippen LogP contribution in [0.5, 0.6) is 0 Å². The quantitative estimate of drug-likeness (QED) is 0.656. The van der Waals surface area contributed by atoms with Gasteiger partial charge in [-0.3, -0.25) is 0 Å². The van der Waals surface area contributed by atoms with Gasteiger partial charge in [0.15, 0.2) is 0 Å². The number of hydrogen-bond acceptors (Lipinski definition) is 2. The van der Waals surface area contributed by atoms with Crippen LogP contribution >= 0.6 is 0 Å². The summed E-state index contributed by atoms with van der Waals surface area (Å²) in [6.45, 7) is 11.8. The van der Waals surface area contributed by atoms with Gasteiger partial charge < -0.3 is 4.42 Å². The maximum Gasteiger partial charge on any atom is 0.218 e. The van der Waals surface area contributed by atoms with Crippen LogP contribution in [0.4, 0.5) is 0 Å². The maximum absolute atomic E-state index is 5.13. The van der Waals surface area contributed by atoms with Gasteiger partial charge in [-0.05, 0) is 19.9 Å². The van der Waals surface area contributed by atoms with Crippen molar-refractivity contribution in [3.8, 4) is 0 Å². The number of rotatable bonds is 1. The molecule has 0 saturated heterocycles. The van der Waals surface area contributed by atoms with Crippen LogP contribution in [0, 0.1) is 6.92 Å². The molecule has 1 aromatic heterocycles. The second-order valence-electron chi connectivity index (χ2n) is 1.81. The lowest BCUT2D eigenvalue weighted by Gasteiger charge is -1.77. The van der Waals surface area contributed by atoms with E-state index in [2.05, 4.69) is 4.98 Å². The minimum atomic E-state index is 0.676. The Balaban J connectivity index is 0. The highest BCUT2D eigenvalue weighted by Gasteiger charge is 1.91. The van der Waals surface area contributed by atoms with E-state index in [-0.39, 0.29) is 0 Å². The van der Waals surface area contributed by atoms with E-state index in [1.807, 2.05) is 53.7 Å². The smallest absolute Gasteiger partial charge is 0.218 e. The Morgan fingerprint density at radius 3 is 2.08 bits per heavy atom. The summed E-state index contributed by atoms with van der Waals surface area (Å²) in [4.78, 5) is 3.95. The third-order valence-electron chi connectivity index (χ3n) is 0.948. The summed E-state index contributed by atoms with van der Waals surface area (Å²) >= 11 is 0. The van der Waals surface area contributed by atoms with Crippen LogP contribution in [0.2, 0.25) is 0 Å². The molecule has 0 radical (unpaired) electrons. The predicted molar refractivity (Wildman–Crippen MR) is 58.6 cm³/mol. The van der Waals surface area contributed by atoms with E-state index in [0.29, 0.717) is 5.89 Å². The maximum atomic E-state index is 5.13. The van der Waals surface area contributed by atoms with Crippen molar-refractivity contribution in [2.45, 2.75) is 41.5 Å². The molecule has 0 spiro atoms. The summed E-state index contributed by atoms with van der Waals surface area (Å²) in [5, 5.41) is 0. The van der Waals surface area contributed by atoms with E-state index < -0.39 is 0 Å². The zero-order valence-electron chi connectivity index (χ0n) is 9.59. The van der Waals surface area contributed by atoms with Gasteiger partial charge in [-0.2, -0.15) is 0 Å². The molecule has 0 bridgehead atoms. The molecule has 76 valence electrons. The third-order valence-corrected chi connectivity index (χ3v) is 0.948. The number of oxazole rings is 1. The normalized spacial score (nSPS) is 8.46. The fourth-order valence-corrected chi connectivity index (χ4v) is 0.592. The van der Waals surface area contributed by atoms with Crippen LogP contribution < -0.4 is 0 Å². The lowest BCUT2D eigenvalue weighted by molar-refractivity contribution is 0.516. The molecule has 0 unspecified atom stereocenters. The van der Waals surface area contributed by atoms with E-state index in [4.69, 9.17) is 4.42 Å². The molecular weight excluding hydrogens is 162 g/mol. The topological polar surface area (TPSA) is 26.0 Å². The standard InChI is InChI=1S/C7H9NO.2C2H6/c1-3-4-7-8-5-6(2)9-7;2*1-2/h3-5H,1-2H3;2*1-2H3/b4-3+;;. The fourth-order valence-electron chi connectivity index (χ4n) is 0.592. The van der Waals surface area contributed by atoms with Gasteiger partial charge in [0.2, 0.25) is 5.89 Å². The van der Waals surface area contributed by atoms with Crippen molar-refractivity contribution in [2.75, 3.05) is 0 Å². The molecule has 0 aromatic carbocycles. The van der Waals surface area contributed by atoms with Gasteiger partial charge in [-0.15, -0.1) is 0 Å². The van der Waals surface area contributed by atoms with Crippen LogP contribution in [0.25, 0.3) is 6.08 Å². The second-order valence-corrected chi connectivity index (χ2v) is 1.81. The molecule has 1 rings (SSSR count). The molecule has 0 aliphatic heterocycles. The average molecular weight is 183 g/mol. The lowest BCUT2D eigenvalue weighted by atomic mass is 10.5. The molecule has 0 saturated carbocycles. The molecule has 0 fully saturated rings. The Labute approximate surface area is 81.7 Å². The van der Waals surface area contributed by atoms with Crippen LogP contribution in [0.15, 0.2) is 16.7 Å². The second kappa shape index (κ2) is 11.0. The van der Waals surface area contributed by atoms with Crippen LogP contribution in [0.3, 0.4) is 0 Å². The highest BCUT2D eigenvalue weighted by molar-refractivity contribution is 5.36. The van der Waals surface area contributed by atoms with Gasteiger partial charge in [0.05, 0.1) is 6.20 Å². The predicted octanol–water partition coefficient (Wildman–Crippen LogP) is 4.07. The van der Waals surface area contributed by atoms with Crippen molar-refractivity contribution < 1.29 is 4.42 Å². The summed E-state index contributed by atoms with van der Waals surface area (Å²) in [6.07, 6.45) is 5.42. The molecule has 0 aliphatic carbocycles. The summed E-state index contributed by atoms with van der Waals surface area (Å²) < 4.78 is 5.13. The number of hydrogen-bond donors (Lipinski definition) is 0. The first kappa shape index (κ1) is 14.5. The first-order chi connectivity index (χ1) is 6.33. The Bertz CT molecular complexity index is 214. The molecule has 2 heteroatoms. The van der Waals surface area contributed by atoms with Gasteiger partial charge in [0, 0.05) is 0 Å². The van der Waals surface area contributed by atoms with Gasteiger partial charge in [-0.1, -0.05) is 33.8 Å².